The monoisotopic (exact) mass is 374 g/mol. The molecule has 0 unspecified atom stereocenters. The summed E-state index contributed by atoms with van der Waals surface area (Å²) in [4.78, 5) is 18.5. The molecule has 1 N–H and O–H groups in total. The number of aryl methyl sites for hydroxylation is 2. The zero-order valence-corrected chi connectivity index (χ0v) is 15.8. The summed E-state index contributed by atoms with van der Waals surface area (Å²) in [5.41, 5.74) is 7.53. The Hall–Kier alpha value is -3.25. The summed E-state index contributed by atoms with van der Waals surface area (Å²) in [6.07, 6.45) is 3.60. The van der Waals surface area contributed by atoms with Gasteiger partial charge in [0.25, 0.3) is 5.91 Å². The first-order valence-electron chi connectivity index (χ1n) is 8.56. The third-order valence-corrected chi connectivity index (χ3v) is 5.45. The molecular formula is C21H18N4OS. The lowest BCUT2D eigenvalue weighted by atomic mass is 10.2. The largest absolute Gasteiger partial charge is 0.293 e. The van der Waals surface area contributed by atoms with E-state index in [9.17, 15) is 4.79 Å². The number of hydrazone groups is 1. The van der Waals surface area contributed by atoms with Gasteiger partial charge in [0.1, 0.15) is 4.88 Å². The van der Waals surface area contributed by atoms with Crippen LogP contribution in [0, 0.1) is 13.8 Å². The molecule has 4 rings (SSSR count). The van der Waals surface area contributed by atoms with Crippen molar-refractivity contribution in [3.8, 4) is 11.3 Å². The van der Waals surface area contributed by atoms with Crippen molar-refractivity contribution in [1.82, 2.24) is 14.8 Å². The van der Waals surface area contributed by atoms with Crippen molar-refractivity contribution in [3.63, 3.8) is 0 Å². The molecule has 0 spiro atoms. The van der Waals surface area contributed by atoms with Crippen molar-refractivity contribution < 1.29 is 4.79 Å². The molecule has 0 bridgehead atoms. The Morgan fingerprint density at radius 3 is 2.56 bits per heavy atom. The van der Waals surface area contributed by atoms with Gasteiger partial charge in [-0.3, -0.25) is 9.20 Å². The number of rotatable bonds is 4. The molecule has 0 aliphatic heterocycles. The minimum absolute atomic E-state index is 0.229. The second-order valence-electron chi connectivity index (χ2n) is 6.27. The van der Waals surface area contributed by atoms with Crippen LogP contribution in [0.2, 0.25) is 0 Å². The zero-order chi connectivity index (χ0) is 18.8. The molecule has 2 heterocycles. The maximum atomic E-state index is 12.5. The first-order chi connectivity index (χ1) is 13.1. The minimum Gasteiger partial charge on any atom is -0.293 e. The molecule has 0 radical (unpaired) electrons. The maximum absolute atomic E-state index is 12.5. The standard InChI is InChI=1S/C21H18N4OS/c1-14-8-10-16(11-9-14)12-22-24-20(26)19-15(2)25-13-18(23-21(25)27-19)17-6-4-3-5-7-17/h3-13H,1-2H3,(H,24,26). The topological polar surface area (TPSA) is 58.8 Å². The fraction of sp³-hybridized carbons (Fsp3) is 0.0952. The average molecular weight is 374 g/mol. The van der Waals surface area contributed by atoms with Gasteiger partial charge in [0.2, 0.25) is 0 Å². The minimum atomic E-state index is -0.229. The molecule has 6 heteroatoms. The Morgan fingerprint density at radius 1 is 1.11 bits per heavy atom. The number of nitrogens with one attached hydrogen (secondary N) is 1. The third-order valence-electron chi connectivity index (χ3n) is 4.29. The zero-order valence-electron chi connectivity index (χ0n) is 15.0. The molecule has 0 saturated carbocycles. The summed E-state index contributed by atoms with van der Waals surface area (Å²) in [7, 11) is 0. The fourth-order valence-electron chi connectivity index (χ4n) is 2.78. The first kappa shape index (κ1) is 17.2. The van der Waals surface area contributed by atoms with Crippen molar-refractivity contribution in [2.75, 3.05) is 0 Å². The normalized spacial score (nSPS) is 11.3. The Balaban J connectivity index is 1.53. The first-order valence-corrected chi connectivity index (χ1v) is 9.37. The summed E-state index contributed by atoms with van der Waals surface area (Å²) in [5.74, 6) is -0.229. The van der Waals surface area contributed by atoms with Gasteiger partial charge in [-0.1, -0.05) is 71.5 Å². The molecule has 0 fully saturated rings. The van der Waals surface area contributed by atoms with E-state index in [0.717, 1.165) is 27.5 Å². The molecule has 0 aliphatic rings. The van der Waals surface area contributed by atoms with Crippen molar-refractivity contribution >= 4 is 28.4 Å². The number of thiazole rings is 1. The van der Waals surface area contributed by atoms with Crippen LogP contribution in [0.15, 0.2) is 65.9 Å². The van der Waals surface area contributed by atoms with E-state index in [2.05, 4.69) is 15.5 Å². The van der Waals surface area contributed by atoms with Gasteiger partial charge in [0.05, 0.1) is 11.9 Å². The second kappa shape index (κ2) is 7.17. The summed E-state index contributed by atoms with van der Waals surface area (Å²) >= 11 is 1.36. The third kappa shape index (κ3) is 3.52. The summed E-state index contributed by atoms with van der Waals surface area (Å²) in [6.45, 7) is 3.94. The maximum Gasteiger partial charge on any atom is 0.283 e. The molecule has 1 amide bonds. The highest BCUT2D eigenvalue weighted by Crippen LogP contribution is 2.27. The highest BCUT2D eigenvalue weighted by Gasteiger charge is 2.17. The molecule has 0 aliphatic carbocycles. The predicted molar refractivity (Wildman–Crippen MR) is 109 cm³/mol. The number of fused-ring (bicyclic) bond motifs is 1. The number of carbonyl (C=O) groups is 1. The number of hydrogen-bond acceptors (Lipinski definition) is 4. The molecule has 5 nitrogen and oxygen atoms in total. The van der Waals surface area contributed by atoms with Crippen molar-refractivity contribution in [2.24, 2.45) is 5.10 Å². The van der Waals surface area contributed by atoms with E-state index in [1.54, 1.807) is 6.21 Å². The van der Waals surface area contributed by atoms with Crippen LogP contribution in [0.25, 0.3) is 16.2 Å². The van der Waals surface area contributed by atoms with Gasteiger partial charge in [0.15, 0.2) is 4.96 Å². The Labute approximate surface area is 161 Å². The van der Waals surface area contributed by atoms with E-state index in [-0.39, 0.29) is 5.91 Å². The highest BCUT2D eigenvalue weighted by molar-refractivity contribution is 7.19. The number of imidazole rings is 1. The second-order valence-corrected chi connectivity index (χ2v) is 7.25. The van der Waals surface area contributed by atoms with Gasteiger partial charge in [-0.05, 0) is 19.4 Å². The van der Waals surface area contributed by atoms with E-state index in [1.807, 2.05) is 79.0 Å². The molecule has 4 aromatic rings. The predicted octanol–water partition coefficient (Wildman–Crippen LogP) is 4.44. The Morgan fingerprint density at radius 2 is 1.85 bits per heavy atom. The van der Waals surface area contributed by atoms with Gasteiger partial charge in [-0.2, -0.15) is 5.10 Å². The van der Waals surface area contributed by atoms with Crippen LogP contribution < -0.4 is 5.43 Å². The molecule has 2 aromatic carbocycles. The molecule has 0 saturated heterocycles. The van der Waals surface area contributed by atoms with Gasteiger partial charge >= 0.3 is 0 Å². The number of carbonyl (C=O) groups excluding carboxylic acids is 1. The van der Waals surface area contributed by atoms with Gasteiger partial charge in [0, 0.05) is 17.5 Å². The lowest BCUT2D eigenvalue weighted by Gasteiger charge is -1.99. The lowest BCUT2D eigenvalue weighted by Crippen LogP contribution is -2.17. The van der Waals surface area contributed by atoms with Crippen LogP contribution in [0.1, 0.15) is 26.5 Å². The van der Waals surface area contributed by atoms with Crippen molar-refractivity contribution in [2.45, 2.75) is 13.8 Å². The van der Waals surface area contributed by atoms with Gasteiger partial charge < -0.3 is 0 Å². The van der Waals surface area contributed by atoms with Crippen LogP contribution in [0.5, 0.6) is 0 Å². The summed E-state index contributed by atoms with van der Waals surface area (Å²) in [6, 6.07) is 17.9. The Kier molecular flexibility index (Phi) is 4.56. The molecule has 27 heavy (non-hydrogen) atoms. The average Bonchev–Trinajstić information content (AvgIpc) is 3.24. The molecular weight excluding hydrogens is 356 g/mol. The van der Waals surface area contributed by atoms with Crippen LogP contribution in [0.4, 0.5) is 0 Å². The smallest absolute Gasteiger partial charge is 0.283 e. The SMILES string of the molecule is Cc1ccc(C=NNC(=O)c2sc3nc(-c4ccccc4)cn3c2C)cc1. The van der Waals surface area contributed by atoms with Crippen LogP contribution in [0.3, 0.4) is 0 Å². The molecule has 0 atom stereocenters. The fourth-order valence-corrected chi connectivity index (χ4v) is 3.78. The number of hydrogen-bond donors (Lipinski definition) is 1. The number of nitrogens with zero attached hydrogens (tertiary/aromatic N) is 3. The van der Waals surface area contributed by atoms with E-state index in [0.29, 0.717) is 4.88 Å². The van der Waals surface area contributed by atoms with E-state index >= 15 is 0 Å². The summed E-state index contributed by atoms with van der Waals surface area (Å²) in [5, 5.41) is 4.06. The van der Waals surface area contributed by atoms with Crippen LogP contribution in [-0.2, 0) is 0 Å². The van der Waals surface area contributed by atoms with E-state index < -0.39 is 0 Å². The van der Waals surface area contributed by atoms with Crippen LogP contribution >= 0.6 is 11.3 Å². The lowest BCUT2D eigenvalue weighted by molar-refractivity contribution is 0.0958. The van der Waals surface area contributed by atoms with E-state index in [4.69, 9.17) is 0 Å². The highest BCUT2D eigenvalue weighted by atomic mass is 32.1. The van der Waals surface area contributed by atoms with Crippen molar-refractivity contribution in [3.05, 3.63) is 82.5 Å². The number of amides is 1. The number of benzene rings is 2. The molecule has 134 valence electrons. The van der Waals surface area contributed by atoms with Gasteiger partial charge in [-0.25, -0.2) is 10.4 Å². The summed E-state index contributed by atoms with van der Waals surface area (Å²) < 4.78 is 1.95. The van der Waals surface area contributed by atoms with Gasteiger partial charge in [-0.15, -0.1) is 0 Å². The van der Waals surface area contributed by atoms with Crippen molar-refractivity contribution in [1.29, 1.82) is 0 Å². The van der Waals surface area contributed by atoms with E-state index in [1.165, 1.54) is 16.9 Å². The quantitative estimate of drug-likeness (QED) is 0.424. The number of aromatic nitrogens is 2. The van der Waals surface area contributed by atoms with Crippen LogP contribution in [-0.4, -0.2) is 21.5 Å². The Bertz CT molecular complexity index is 1120. The molecule has 2 aromatic heterocycles.